The van der Waals surface area contributed by atoms with Gasteiger partial charge in [0.25, 0.3) is 0 Å². The van der Waals surface area contributed by atoms with E-state index in [9.17, 15) is 0 Å². The molecule has 6 heteroatoms. The van der Waals surface area contributed by atoms with Gasteiger partial charge >= 0.3 is 0 Å². The minimum Gasteiger partial charge on any atom is -0.306 e. The van der Waals surface area contributed by atoms with E-state index in [4.69, 9.17) is 21.6 Å². The van der Waals surface area contributed by atoms with E-state index < -0.39 is 0 Å². The van der Waals surface area contributed by atoms with Crippen LogP contribution < -0.4 is 4.90 Å². The molecule has 0 saturated heterocycles. The smallest absolute Gasteiger partial charge is 0.171 e. The minimum atomic E-state index is -0.187. The number of benzene rings is 2. The molecule has 1 spiro atoms. The highest BCUT2D eigenvalue weighted by Crippen LogP contribution is 2.47. The highest BCUT2D eigenvalue weighted by atomic mass is 127. The molecule has 1 fully saturated rings. The standard InChI is InChI=1S/C21H22ClN3S.HI/c1-15-8-7-9-16(14-15)23-19-21(12-5-6-13-21)25(20(24-19)26-2)18-11-4-3-10-17(18)22;/h3-4,7-11,14H,5-6,12-13H2,1-2H3;1H. The van der Waals surface area contributed by atoms with Crippen molar-refractivity contribution in [2.24, 2.45) is 9.98 Å². The second-order valence-corrected chi connectivity index (χ2v) is 8.08. The normalized spacial score (nSPS) is 19.4. The van der Waals surface area contributed by atoms with Gasteiger partial charge < -0.3 is 4.90 Å². The first-order valence-corrected chi connectivity index (χ1v) is 10.6. The number of para-hydroxylation sites is 1. The number of aliphatic imine (C=N–C) groups is 2. The quantitative estimate of drug-likeness (QED) is 0.413. The molecule has 27 heavy (non-hydrogen) atoms. The van der Waals surface area contributed by atoms with E-state index in [0.717, 1.165) is 40.2 Å². The summed E-state index contributed by atoms with van der Waals surface area (Å²) in [5.41, 5.74) is 3.02. The highest BCUT2D eigenvalue weighted by Gasteiger charge is 2.51. The van der Waals surface area contributed by atoms with Crippen molar-refractivity contribution in [3.63, 3.8) is 0 Å². The Balaban J connectivity index is 0.00000210. The van der Waals surface area contributed by atoms with E-state index in [1.807, 2.05) is 18.2 Å². The fraction of sp³-hybridized carbons (Fsp3) is 0.333. The maximum atomic E-state index is 6.57. The van der Waals surface area contributed by atoms with Crippen LogP contribution in [0.2, 0.25) is 5.02 Å². The third-order valence-electron chi connectivity index (χ3n) is 5.18. The van der Waals surface area contributed by atoms with Crippen molar-refractivity contribution in [2.75, 3.05) is 11.2 Å². The number of thioether (sulfide) groups is 1. The summed E-state index contributed by atoms with van der Waals surface area (Å²) in [6, 6.07) is 16.4. The van der Waals surface area contributed by atoms with Crippen LogP contribution in [0.25, 0.3) is 0 Å². The third kappa shape index (κ3) is 3.78. The van der Waals surface area contributed by atoms with Crippen molar-refractivity contribution in [3.05, 3.63) is 59.1 Å². The lowest BCUT2D eigenvalue weighted by Crippen LogP contribution is -2.49. The van der Waals surface area contributed by atoms with Gasteiger partial charge in [0.2, 0.25) is 0 Å². The van der Waals surface area contributed by atoms with E-state index in [1.165, 1.54) is 18.4 Å². The number of halogens is 2. The van der Waals surface area contributed by atoms with Crippen LogP contribution in [-0.2, 0) is 0 Å². The Hall–Kier alpha value is -1.05. The zero-order valence-corrected chi connectivity index (χ0v) is 19.4. The van der Waals surface area contributed by atoms with E-state index in [2.05, 4.69) is 48.4 Å². The third-order valence-corrected chi connectivity index (χ3v) is 6.14. The number of aryl methyl sites for hydroxylation is 1. The summed E-state index contributed by atoms with van der Waals surface area (Å²) in [5.74, 6) is 0.921. The van der Waals surface area contributed by atoms with Gasteiger partial charge in [-0.3, -0.25) is 0 Å². The van der Waals surface area contributed by atoms with E-state index >= 15 is 0 Å². The van der Waals surface area contributed by atoms with Crippen molar-refractivity contribution in [2.45, 2.75) is 38.1 Å². The molecule has 0 amide bonds. The Bertz CT molecular complexity index is 891. The van der Waals surface area contributed by atoms with Crippen molar-refractivity contribution < 1.29 is 0 Å². The number of anilines is 1. The Morgan fingerprint density at radius 3 is 2.52 bits per heavy atom. The number of nitrogens with zero attached hydrogens (tertiary/aromatic N) is 3. The fourth-order valence-corrected chi connectivity index (χ4v) is 4.84. The molecule has 0 unspecified atom stereocenters. The lowest BCUT2D eigenvalue weighted by molar-refractivity contribution is 0.592. The van der Waals surface area contributed by atoms with Gasteiger partial charge in [0, 0.05) is 0 Å². The molecule has 1 aliphatic heterocycles. The summed E-state index contributed by atoms with van der Waals surface area (Å²) in [4.78, 5) is 12.3. The molecular weight excluding hydrogens is 489 g/mol. The Morgan fingerprint density at radius 1 is 1.11 bits per heavy atom. The van der Waals surface area contributed by atoms with Gasteiger partial charge in [-0.25, -0.2) is 9.98 Å². The maximum Gasteiger partial charge on any atom is 0.171 e. The summed E-state index contributed by atoms with van der Waals surface area (Å²) in [6.07, 6.45) is 6.55. The topological polar surface area (TPSA) is 28.0 Å². The van der Waals surface area contributed by atoms with Crippen molar-refractivity contribution >= 4 is 69.7 Å². The Kier molecular flexibility index (Phi) is 6.54. The molecular formula is C21H23ClIN3S. The lowest BCUT2D eigenvalue weighted by atomic mass is 9.94. The van der Waals surface area contributed by atoms with Crippen LogP contribution in [0, 0.1) is 6.92 Å². The predicted octanol–water partition coefficient (Wildman–Crippen LogP) is 6.85. The number of hydrogen-bond donors (Lipinski definition) is 0. The molecule has 0 aromatic heterocycles. The van der Waals surface area contributed by atoms with Crippen LogP contribution in [0.4, 0.5) is 11.4 Å². The number of hydrogen-bond acceptors (Lipinski definition) is 3. The molecule has 0 bridgehead atoms. The van der Waals surface area contributed by atoms with E-state index in [1.54, 1.807) is 11.8 Å². The van der Waals surface area contributed by atoms with Crippen LogP contribution in [0.3, 0.4) is 0 Å². The molecule has 142 valence electrons. The van der Waals surface area contributed by atoms with E-state index in [-0.39, 0.29) is 29.5 Å². The minimum absolute atomic E-state index is 0. The Labute approximate surface area is 187 Å². The summed E-state index contributed by atoms with van der Waals surface area (Å²) in [6.45, 7) is 2.09. The van der Waals surface area contributed by atoms with Crippen molar-refractivity contribution in [1.29, 1.82) is 0 Å². The first kappa shape index (κ1) is 20.7. The second kappa shape index (κ2) is 8.53. The summed E-state index contributed by atoms with van der Waals surface area (Å²) in [7, 11) is 0. The first-order chi connectivity index (χ1) is 12.6. The van der Waals surface area contributed by atoms with Gasteiger partial charge in [0.1, 0.15) is 5.54 Å². The average molecular weight is 512 g/mol. The molecule has 2 aliphatic rings. The highest BCUT2D eigenvalue weighted by molar-refractivity contribution is 14.0. The molecule has 1 saturated carbocycles. The van der Waals surface area contributed by atoms with Gasteiger partial charge in [-0.15, -0.1) is 24.0 Å². The molecule has 4 rings (SSSR count). The van der Waals surface area contributed by atoms with Crippen LogP contribution in [0.15, 0.2) is 58.5 Å². The van der Waals surface area contributed by atoms with Crippen molar-refractivity contribution in [1.82, 2.24) is 0 Å². The molecule has 3 nitrogen and oxygen atoms in total. The monoisotopic (exact) mass is 511 g/mol. The van der Waals surface area contributed by atoms with E-state index in [0.29, 0.717) is 0 Å². The molecule has 0 N–H and O–H groups in total. The molecule has 1 heterocycles. The number of amidine groups is 2. The predicted molar refractivity (Wildman–Crippen MR) is 130 cm³/mol. The zero-order valence-electron chi connectivity index (χ0n) is 15.5. The SMILES string of the molecule is CSC1=NC(=Nc2cccc(C)c2)C2(CCCC2)N1c1ccccc1Cl.I. The molecule has 0 radical (unpaired) electrons. The molecule has 1 aliphatic carbocycles. The summed E-state index contributed by atoms with van der Waals surface area (Å²) < 4.78 is 0. The average Bonchev–Trinajstić information content (AvgIpc) is 3.23. The van der Waals surface area contributed by atoms with Gasteiger partial charge in [0.05, 0.1) is 16.4 Å². The van der Waals surface area contributed by atoms with Crippen LogP contribution in [0.1, 0.15) is 31.2 Å². The van der Waals surface area contributed by atoms with Gasteiger partial charge in [0.15, 0.2) is 11.0 Å². The zero-order chi connectivity index (χ0) is 18.1. The van der Waals surface area contributed by atoms with Crippen molar-refractivity contribution in [3.8, 4) is 0 Å². The Morgan fingerprint density at radius 2 is 1.85 bits per heavy atom. The lowest BCUT2D eigenvalue weighted by Gasteiger charge is -2.37. The van der Waals surface area contributed by atoms with Crippen LogP contribution in [-0.4, -0.2) is 22.8 Å². The second-order valence-electron chi connectivity index (χ2n) is 6.90. The number of rotatable bonds is 2. The van der Waals surface area contributed by atoms with Gasteiger partial charge in [-0.05, 0) is 55.9 Å². The summed E-state index contributed by atoms with van der Waals surface area (Å²) >= 11 is 8.23. The fourth-order valence-electron chi connectivity index (χ4n) is 3.99. The maximum absolute atomic E-state index is 6.57. The molecule has 2 aromatic carbocycles. The molecule has 0 atom stereocenters. The van der Waals surface area contributed by atoms with Crippen LogP contribution >= 0.6 is 47.3 Å². The van der Waals surface area contributed by atoms with Gasteiger partial charge in [-0.2, -0.15) is 0 Å². The largest absolute Gasteiger partial charge is 0.306 e. The van der Waals surface area contributed by atoms with Gasteiger partial charge in [-0.1, -0.05) is 60.5 Å². The first-order valence-electron chi connectivity index (χ1n) is 8.97. The molecule has 2 aromatic rings. The van der Waals surface area contributed by atoms with Crippen LogP contribution in [0.5, 0.6) is 0 Å². The summed E-state index contributed by atoms with van der Waals surface area (Å²) in [5, 5.41) is 1.74.